The molecular weight excluding hydrogens is 271 g/mol. The van der Waals surface area contributed by atoms with Gasteiger partial charge in [0.1, 0.15) is 0 Å². The maximum Gasteiger partial charge on any atom is 0.433 e. The van der Waals surface area contributed by atoms with Gasteiger partial charge < -0.3 is 0 Å². The van der Waals surface area contributed by atoms with Crippen LogP contribution in [0.1, 0.15) is 17.7 Å². The zero-order chi connectivity index (χ0) is 13.4. The molecule has 0 unspecified atom stereocenters. The number of aromatic nitrogens is 1. The van der Waals surface area contributed by atoms with Crippen LogP contribution in [0.2, 0.25) is 0 Å². The highest BCUT2D eigenvalue weighted by Crippen LogP contribution is 2.37. The summed E-state index contributed by atoms with van der Waals surface area (Å²) in [6.07, 6.45) is -8.39. The first-order chi connectivity index (χ1) is 7.55. The van der Waals surface area contributed by atoms with Crippen molar-refractivity contribution in [2.75, 3.05) is 0 Å². The molecule has 0 aliphatic heterocycles. The number of hydrogen-bond acceptors (Lipinski definition) is 3. The van der Waals surface area contributed by atoms with Gasteiger partial charge in [-0.05, 0) is 6.07 Å². The van der Waals surface area contributed by atoms with Crippen LogP contribution in [0.3, 0.4) is 0 Å². The second-order valence-corrected chi connectivity index (χ2v) is 4.44. The Morgan fingerprint density at radius 1 is 1.29 bits per heavy atom. The lowest BCUT2D eigenvalue weighted by Crippen LogP contribution is -2.20. The predicted molar refractivity (Wildman–Crippen MR) is 45.6 cm³/mol. The largest absolute Gasteiger partial charge is 0.433 e. The first-order valence-corrected chi connectivity index (χ1v) is 5.47. The Kier molecular flexibility index (Phi) is 3.39. The molecule has 0 spiro atoms. The fourth-order valence-corrected chi connectivity index (χ4v) is 1.88. The molecule has 1 heterocycles. The van der Waals surface area contributed by atoms with Gasteiger partial charge in [-0.25, -0.2) is 22.3 Å². The van der Waals surface area contributed by atoms with E-state index < -0.39 is 38.8 Å². The number of nitrogens with zero attached hydrogens (tertiary/aromatic N) is 1. The zero-order valence-electron chi connectivity index (χ0n) is 7.87. The molecule has 1 rings (SSSR count). The van der Waals surface area contributed by atoms with Gasteiger partial charge in [-0.1, -0.05) is 0 Å². The van der Waals surface area contributed by atoms with Crippen molar-refractivity contribution in [3.05, 3.63) is 23.5 Å². The van der Waals surface area contributed by atoms with Crippen molar-refractivity contribution in [3.63, 3.8) is 0 Å². The Bertz CT molecular complexity index is 526. The van der Waals surface area contributed by atoms with Gasteiger partial charge in [0.05, 0.1) is 10.5 Å². The van der Waals surface area contributed by atoms with Gasteiger partial charge in [-0.2, -0.15) is 13.2 Å². The second-order valence-electron chi connectivity index (χ2n) is 2.91. The van der Waals surface area contributed by atoms with E-state index in [1.54, 1.807) is 0 Å². The molecule has 1 aromatic rings. The number of halogens is 5. The van der Waals surface area contributed by atoms with Gasteiger partial charge in [0.2, 0.25) is 10.0 Å². The molecule has 0 aromatic carbocycles. The fraction of sp³-hybridized carbons (Fsp3) is 0.286. The van der Waals surface area contributed by atoms with Crippen LogP contribution in [-0.2, 0) is 16.2 Å². The standard InChI is InChI=1S/C7H5F5N2O2S/c8-6(9)4-3(17(13,15)16)1-2-14-5(4)7(10,11)12/h1-2,6H,(H2,13,15,16). The number of sulfonamides is 1. The number of nitrogens with two attached hydrogens (primary N) is 1. The summed E-state index contributed by atoms with van der Waals surface area (Å²) in [6, 6.07) is 0.492. The Morgan fingerprint density at radius 3 is 2.18 bits per heavy atom. The summed E-state index contributed by atoms with van der Waals surface area (Å²) in [6.45, 7) is 0. The number of rotatable bonds is 2. The molecule has 0 atom stereocenters. The molecule has 0 saturated heterocycles. The minimum atomic E-state index is -5.19. The van der Waals surface area contributed by atoms with E-state index in [9.17, 15) is 30.4 Å². The SMILES string of the molecule is NS(=O)(=O)c1ccnc(C(F)(F)F)c1C(F)F. The minimum Gasteiger partial charge on any atom is -0.251 e. The molecule has 0 aliphatic carbocycles. The van der Waals surface area contributed by atoms with E-state index in [2.05, 4.69) is 10.1 Å². The van der Waals surface area contributed by atoms with Crippen molar-refractivity contribution in [2.24, 2.45) is 5.14 Å². The summed E-state index contributed by atoms with van der Waals surface area (Å²) in [5.74, 6) is 0. The summed E-state index contributed by atoms with van der Waals surface area (Å²) >= 11 is 0. The average Bonchev–Trinajstić information content (AvgIpc) is 2.13. The van der Waals surface area contributed by atoms with E-state index in [1.807, 2.05) is 0 Å². The molecule has 0 radical (unpaired) electrons. The fourth-order valence-electron chi connectivity index (χ4n) is 1.14. The highest BCUT2D eigenvalue weighted by Gasteiger charge is 2.40. The molecule has 2 N–H and O–H groups in total. The molecular formula is C7H5F5N2O2S. The van der Waals surface area contributed by atoms with Crippen LogP contribution in [-0.4, -0.2) is 13.4 Å². The van der Waals surface area contributed by atoms with Gasteiger partial charge in [-0.15, -0.1) is 0 Å². The average molecular weight is 276 g/mol. The molecule has 4 nitrogen and oxygen atoms in total. The maximum absolute atomic E-state index is 12.5. The minimum absolute atomic E-state index is 0.453. The molecule has 0 amide bonds. The van der Waals surface area contributed by atoms with Crippen LogP contribution in [0, 0.1) is 0 Å². The molecule has 0 saturated carbocycles. The zero-order valence-corrected chi connectivity index (χ0v) is 8.69. The van der Waals surface area contributed by atoms with Gasteiger partial charge in [0.15, 0.2) is 5.69 Å². The highest BCUT2D eigenvalue weighted by molar-refractivity contribution is 7.89. The number of primary sulfonamides is 1. The third-order valence-corrected chi connectivity index (χ3v) is 2.71. The number of hydrogen-bond donors (Lipinski definition) is 1. The lowest BCUT2D eigenvalue weighted by molar-refractivity contribution is -0.143. The first kappa shape index (κ1) is 13.8. The van der Waals surface area contributed by atoms with E-state index >= 15 is 0 Å². The van der Waals surface area contributed by atoms with Gasteiger partial charge in [0.25, 0.3) is 6.43 Å². The maximum atomic E-state index is 12.5. The van der Waals surface area contributed by atoms with Crippen LogP contribution in [0.15, 0.2) is 17.2 Å². The molecule has 17 heavy (non-hydrogen) atoms. The van der Waals surface area contributed by atoms with Crippen LogP contribution in [0.5, 0.6) is 0 Å². The van der Waals surface area contributed by atoms with Crippen LogP contribution >= 0.6 is 0 Å². The summed E-state index contributed by atoms with van der Waals surface area (Å²) in [4.78, 5) is 1.44. The Hall–Kier alpha value is -1.29. The third kappa shape index (κ3) is 2.88. The van der Waals surface area contributed by atoms with E-state index in [1.165, 1.54) is 0 Å². The molecule has 0 aliphatic rings. The third-order valence-electron chi connectivity index (χ3n) is 1.74. The van der Waals surface area contributed by atoms with Crippen molar-refractivity contribution in [1.82, 2.24) is 4.98 Å². The van der Waals surface area contributed by atoms with E-state index in [-0.39, 0.29) is 0 Å². The van der Waals surface area contributed by atoms with Gasteiger partial charge in [-0.3, -0.25) is 4.98 Å². The summed E-state index contributed by atoms with van der Waals surface area (Å²) in [5, 5.41) is 4.55. The first-order valence-electron chi connectivity index (χ1n) is 3.92. The lowest BCUT2D eigenvalue weighted by atomic mass is 10.2. The summed E-state index contributed by atoms with van der Waals surface area (Å²) in [5.41, 5.74) is -3.69. The molecule has 10 heteroatoms. The Labute approximate surface area is 92.3 Å². The highest BCUT2D eigenvalue weighted by atomic mass is 32.2. The summed E-state index contributed by atoms with van der Waals surface area (Å²) in [7, 11) is -4.68. The molecule has 0 bridgehead atoms. The Morgan fingerprint density at radius 2 is 1.82 bits per heavy atom. The molecule has 1 aromatic heterocycles. The van der Waals surface area contributed by atoms with Crippen molar-refractivity contribution in [3.8, 4) is 0 Å². The Balaban J connectivity index is 3.67. The van der Waals surface area contributed by atoms with Gasteiger partial charge in [0, 0.05) is 6.20 Å². The van der Waals surface area contributed by atoms with Crippen molar-refractivity contribution >= 4 is 10.0 Å². The smallest absolute Gasteiger partial charge is 0.251 e. The van der Waals surface area contributed by atoms with Crippen molar-refractivity contribution < 1.29 is 30.4 Å². The number of pyridine rings is 1. The molecule has 96 valence electrons. The van der Waals surface area contributed by atoms with Crippen LogP contribution < -0.4 is 5.14 Å². The van der Waals surface area contributed by atoms with Gasteiger partial charge >= 0.3 is 6.18 Å². The van der Waals surface area contributed by atoms with E-state index in [0.717, 1.165) is 0 Å². The normalized spacial score (nSPS) is 13.1. The lowest BCUT2D eigenvalue weighted by Gasteiger charge is -2.13. The van der Waals surface area contributed by atoms with Crippen molar-refractivity contribution in [2.45, 2.75) is 17.5 Å². The second kappa shape index (κ2) is 4.18. The predicted octanol–water partition coefficient (Wildman–Crippen LogP) is 1.69. The topological polar surface area (TPSA) is 73.1 Å². The van der Waals surface area contributed by atoms with E-state index in [0.29, 0.717) is 12.3 Å². The monoisotopic (exact) mass is 276 g/mol. The van der Waals surface area contributed by atoms with E-state index in [4.69, 9.17) is 0 Å². The number of alkyl halides is 5. The van der Waals surface area contributed by atoms with Crippen LogP contribution in [0.4, 0.5) is 22.0 Å². The quantitative estimate of drug-likeness (QED) is 0.835. The van der Waals surface area contributed by atoms with Crippen molar-refractivity contribution in [1.29, 1.82) is 0 Å². The summed E-state index contributed by atoms with van der Waals surface area (Å²) < 4.78 is 83.8. The molecule has 0 fully saturated rings. The van der Waals surface area contributed by atoms with Crippen LogP contribution in [0.25, 0.3) is 0 Å².